The average molecular weight is 214 g/mol. The van der Waals surface area contributed by atoms with Gasteiger partial charge in [-0.3, -0.25) is 4.79 Å². The van der Waals surface area contributed by atoms with E-state index in [-0.39, 0.29) is 5.56 Å². The Hall–Kier alpha value is -0.970. The highest BCUT2D eigenvalue weighted by molar-refractivity contribution is 7.99. The number of nitrogens with zero attached hydrogens (tertiary/aromatic N) is 1. The molecule has 0 fully saturated rings. The minimum Gasteiger partial charge on any atom is -0.481 e. The van der Waals surface area contributed by atoms with Crippen LogP contribution in [0.25, 0.3) is 0 Å². The molecule has 1 rings (SSSR count). The summed E-state index contributed by atoms with van der Waals surface area (Å²) in [6.07, 6.45) is 2.26. The van der Waals surface area contributed by atoms with Crippen LogP contribution in [0.1, 0.15) is 19.8 Å². The maximum Gasteiger partial charge on any atom is 0.255 e. The summed E-state index contributed by atoms with van der Waals surface area (Å²) in [4.78, 5) is 17.9. The Bertz CT molecular complexity index is 338. The lowest BCUT2D eigenvalue weighted by Crippen LogP contribution is -2.08. The van der Waals surface area contributed by atoms with E-state index in [1.54, 1.807) is 11.8 Å². The van der Waals surface area contributed by atoms with Gasteiger partial charge in [0.15, 0.2) is 5.16 Å². The zero-order chi connectivity index (χ0) is 10.4. The molecule has 1 aromatic rings. The van der Waals surface area contributed by atoms with Crippen LogP contribution in [0.3, 0.4) is 0 Å². The van der Waals surface area contributed by atoms with Crippen molar-refractivity contribution in [1.29, 1.82) is 0 Å². The monoisotopic (exact) mass is 214 g/mol. The van der Waals surface area contributed by atoms with E-state index in [1.165, 1.54) is 13.2 Å². The van der Waals surface area contributed by atoms with Crippen molar-refractivity contribution in [3.8, 4) is 5.88 Å². The molecule has 0 aliphatic rings. The molecule has 0 saturated heterocycles. The molecule has 1 heterocycles. The summed E-state index contributed by atoms with van der Waals surface area (Å²) < 4.78 is 4.90. The highest BCUT2D eigenvalue weighted by Gasteiger charge is 2.00. The number of aromatic nitrogens is 2. The molecule has 0 aromatic carbocycles. The predicted molar refractivity (Wildman–Crippen MR) is 57.0 cm³/mol. The molecule has 5 heteroatoms. The fourth-order valence-electron chi connectivity index (χ4n) is 0.900. The maximum absolute atomic E-state index is 11.1. The third-order valence-corrected chi connectivity index (χ3v) is 2.60. The molecular formula is C9H14N2O2S. The molecule has 14 heavy (non-hydrogen) atoms. The lowest BCUT2D eigenvalue weighted by molar-refractivity contribution is 0.391. The van der Waals surface area contributed by atoms with Gasteiger partial charge in [-0.1, -0.05) is 25.1 Å². The van der Waals surface area contributed by atoms with E-state index in [0.29, 0.717) is 11.0 Å². The van der Waals surface area contributed by atoms with Crippen molar-refractivity contribution in [2.24, 2.45) is 0 Å². The standard InChI is InChI=1S/C9H14N2O2S/c1-3-4-5-14-9-10-7(12)6-8(11-9)13-2/h6H,3-5H2,1-2H3,(H,10,11,12). The second-order valence-electron chi connectivity index (χ2n) is 2.79. The molecule has 0 atom stereocenters. The Labute approximate surface area is 87.1 Å². The van der Waals surface area contributed by atoms with Gasteiger partial charge in [0.05, 0.1) is 13.2 Å². The summed E-state index contributed by atoms with van der Waals surface area (Å²) in [5.41, 5.74) is -0.171. The molecule has 0 spiro atoms. The van der Waals surface area contributed by atoms with E-state index in [1.807, 2.05) is 0 Å². The molecule has 0 unspecified atom stereocenters. The van der Waals surface area contributed by atoms with Crippen molar-refractivity contribution in [3.05, 3.63) is 16.4 Å². The average Bonchev–Trinajstić information content (AvgIpc) is 2.17. The Kier molecular flexibility index (Phi) is 4.52. The summed E-state index contributed by atoms with van der Waals surface area (Å²) in [6, 6.07) is 1.34. The lowest BCUT2D eigenvalue weighted by atomic mass is 10.4. The van der Waals surface area contributed by atoms with E-state index >= 15 is 0 Å². The van der Waals surface area contributed by atoms with Gasteiger partial charge in [0, 0.05) is 5.75 Å². The van der Waals surface area contributed by atoms with Gasteiger partial charge >= 0.3 is 0 Å². The van der Waals surface area contributed by atoms with Crippen molar-refractivity contribution < 1.29 is 4.74 Å². The number of hydrogen-bond acceptors (Lipinski definition) is 4. The molecule has 0 amide bonds. The zero-order valence-corrected chi connectivity index (χ0v) is 9.19. The van der Waals surface area contributed by atoms with Crippen molar-refractivity contribution in [1.82, 2.24) is 9.97 Å². The number of unbranched alkanes of at least 4 members (excludes halogenated alkanes) is 1. The summed E-state index contributed by atoms with van der Waals surface area (Å²) in [5.74, 6) is 1.33. The summed E-state index contributed by atoms with van der Waals surface area (Å²) >= 11 is 1.54. The number of hydrogen-bond donors (Lipinski definition) is 1. The van der Waals surface area contributed by atoms with Crippen LogP contribution in [0.15, 0.2) is 16.0 Å². The van der Waals surface area contributed by atoms with Crippen LogP contribution < -0.4 is 10.3 Å². The fourth-order valence-corrected chi connectivity index (χ4v) is 1.85. The second kappa shape index (κ2) is 5.70. The van der Waals surface area contributed by atoms with Gasteiger partial charge in [0.1, 0.15) is 0 Å². The normalized spacial score (nSPS) is 10.1. The SMILES string of the molecule is CCCCSc1nc(OC)cc(=O)[nH]1. The van der Waals surface area contributed by atoms with Crippen LogP contribution in [-0.2, 0) is 0 Å². The van der Waals surface area contributed by atoms with Crippen LogP contribution in [0.2, 0.25) is 0 Å². The van der Waals surface area contributed by atoms with Crippen LogP contribution in [-0.4, -0.2) is 22.8 Å². The van der Waals surface area contributed by atoms with E-state index in [4.69, 9.17) is 4.74 Å². The fraction of sp³-hybridized carbons (Fsp3) is 0.556. The van der Waals surface area contributed by atoms with Gasteiger partial charge in [0.25, 0.3) is 5.56 Å². The summed E-state index contributed by atoms with van der Waals surface area (Å²) in [6.45, 7) is 2.13. The highest BCUT2D eigenvalue weighted by atomic mass is 32.2. The number of methoxy groups -OCH3 is 1. The molecule has 78 valence electrons. The molecular weight excluding hydrogens is 200 g/mol. The first-order valence-corrected chi connectivity index (χ1v) is 5.53. The largest absolute Gasteiger partial charge is 0.481 e. The first-order chi connectivity index (χ1) is 6.76. The van der Waals surface area contributed by atoms with Gasteiger partial charge in [-0.15, -0.1) is 0 Å². The quantitative estimate of drug-likeness (QED) is 0.460. The number of H-pyrrole nitrogens is 1. The van der Waals surface area contributed by atoms with Gasteiger partial charge in [0.2, 0.25) is 5.88 Å². The first-order valence-electron chi connectivity index (χ1n) is 4.54. The summed E-state index contributed by atoms with van der Waals surface area (Å²) in [7, 11) is 1.50. The van der Waals surface area contributed by atoms with Crippen LogP contribution in [0.4, 0.5) is 0 Å². The third kappa shape index (κ3) is 3.41. The molecule has 1 aromatic heterocycles. The second-order valence-corrected chi connectivity index (χ2v) is 3.88. The number of rotatable bonds is 5. The molecule has 0 aliphatic carbocycles. The summed E-state index contributed by atoms with van der Waals surface area (Å²) in [5, 5.41) is 0.628. The molecule has 0 saturated carbocycles. The number of nitrogens with one attached hydrogen (secondary N) is 1. The van der Waals surface area contributed by atoms with Gasteiger partial charge in [-0.05, 0) is 6.42 Å². The Morgan fingerprint density at radius 1 is 1.64 bits per heavy atom. The van der Waals surface area contributed by atoms with Crippen molar-refractivity contribution in [2.75, 3.05) is 12.9 Å². The van der Waals surface area contributed by atoms with Crippen LogP contribution in [0, 0.1) is 0 Å². The van der Waals surface area contributed by atoms with Crippen molar-refractivity contribution in [2.45, 2.75) is 24.9 Å². The smallest absolute Gasteiger partial charge is 0.255 e. The maximum atomic E-state index is 11.1. The van der Waals surface area contributed by atoms with E-state index < -0.39 is 0 Å². The lowest BCUT2D eigenvalue weighted by Gasteiger charge is -2.01. The molecule has 4 nitrogen and oxygen atoms in total. The van der Waals surface area contributed by atoms with Crippen LogP contribution in [0.5, 0.6) is 5.88 Å². The minimum atomic E-state index is -0.171. The first kappa shape index (κ1) is 11.1. The molecule has 0 aliphatic heterocycles. The third-order valence-electron chi connectivity index (χ3n) is 1.64. The number of aromatic amines is 1. The Balaban J connectivity index is 2.67. The molecule has 0 radical (unpaired) electrons. The van der Waals surface area contributed by atoms with Gasteiger partial charge < -0.3 is 9.72 Å². The van der Waals surface area contributed by atoms with E-state index in [2.05, 4.69) is 16.9 Å². The van der Waals surface area contributed by atoms with Crippen LogP contribution >= 0.6 is 11.8 Å². The van der Waals surface area contributed by atoms with E-state index in [0.717, 1.165) is 18.6 Å². The Morgan fingerprint density at radius 2 is 2.43 bits per heavy atom. The number of thioether (sulfide) groups is 1. The zero-order valence-electron chi connectivity index (χ0n) is 8.37. The van der Waals surface area contributed by atoms with Crippen molar-refractivity contribution in [3.63, 3.8) is 0 Å². The molecule has 1 N–H and O–H groups in total. The van der Waals surface area contributed by atoms with Crippen molar-refractivity contribution >= 4 is 11.8 Å². The predicted octanol–water partition coefficient (Wildman–Crippen LogP) is 1.67. The minimum absolute atomic E-state index is 0.171. The number of ether oxygens (including phenoxy) is 1. The van der Waals surface area contributed by atoms with Gasteiger partial charge in [-0.25, -0.2) is 0 Å². The highest BCUT2D eigenvalue weighted by Crippen LogP contribution is 2.15. The van der Waals surface area contributed by atoms with Gasteiger partial charge in [-0.2, -0.15) is 4.98 Å². The van der Waals surface area contributed by atoms with E-state index in [9.17, 15) is 4.79 Å². The molecule has 0 bridgehead atoms. The Morgan fingerprint density at radius 3 is 3.07 bits per heavy atom. The topological polar surface area (TPSA) is 55.0 Å².